The van der Waals surface area contributed by atoms with Gasteiger partial charge in [0, 0.05) is 22.9 Å². The summed E-state index contributed by atoms with van der Waals surface area (Å²) >= 11 is 2.87. The van der Waals surface area contributed by atoms with Crippen LogP contribution in [-0.2, 0) is 4.74 Å². The zero-order chi connectivity index (χ0) is 8.27. The molecule has 2 radical (unpaired) electrons. The average molecular weight is 219 g/mol. The fraction of sp³-hybridized carbons (Fsp3) is 0.200. The van der Waals surface area contributed by atoms with Crippen molar-refractivity contribution in [2.75, 3.05) is 6.61 Å². The van der Waals surface area contributed by atoms with Gasteiger partial charge >= 0.3 is 11.9 Å². The summed E-state index contributed by atoms with van der Waals surface area (Å²) in [6.45, 7) is 4.72. The quantitative estimate of drug-likeness (QED) is 0.685. The van der Waals surface area contributed by atoms with Crippen LogP contribution in [0.5, 0.6) is 0 Å². The van der Waals surface area contributed by atoms with Gasteiger partial charge in [0.1, 0.15) is 0 Å². The zero-order valence-electron chi connectivity index (χ0n) is 5.28. The van der Waals surface area contributed by atoms with E-state index in [4.69, 9.17) is 6.92 Å². The van der Waals surface area contributed by atoms with Gasteiger partial charge < -0.3 is 9.15 Å². The normalized spacial score (nSPS) is 9.64. The van der Waals surface area contributed by atoms with Crippen molar-refractivity contribution in [1.82, 2.24) is 10.2 Å². The summed E-state index contributed by atoms with van der Waals surface area (Å²) in [4.78, 5) is 10.9. The summed E-state index contributed by atoms with van der Waals surface area (Å²) < 4.78 is 9.03. The SMILES string of the molecule is [CH]COC(=O)c1nnc(Br)o1. The molecule has 0 bridgehead atoms. The Kier molecular flexibility index (Phi) is 2.58. The largest absolute Gasteiger partial charge is 0.458 e. The number of hydrogen-bond donors (Lipinski definition) is 0. The first kappa shape index (κ1) is 8.19. The van der Waals surface area contributed by atoms with Crippen LogP contribution in [0.1, 0.15) is 10.7 Å². The van der Waals surface area contributed by atoms with Crippen LogP contribution in [0.3, 0.4) is 0 Å². The topological polar surface area (TPSA) is 65.2 Å². The summed E-state index contributed by atoms with van der Waals surface area (Å²) in [5.74, 6) is -0.951. The standard InChI is InChI=1S/C5H3BrN2O3/c1-2-10-4(9)3-7-8-5(6)11-3/h1H,2H2. The van der Waals surface area contributed by atoms with Crippen molar-refractivity contribution in [3.05, 3.63) is 17.6 Å². The molecule has 6 heteroatoms. The van der Waals surface area contributed by atoms with Gasteiger partial charge in [0.05, 0.1) is 6.61 Å². The molecule has 0 fully saturated rings. The summed E-state index contributed by atoms with van der Waals surface area (Å²) in [5, 5.41) is 6.72. The molecule has 11 heavy (non-hydrogen) atoms. The van der Waals surface area contributed by atoms with Gasteiger partial charge in [0.2, 0.25) is 0 Å². The molecule has 1 rings (SSSR count). The van der Waals surface area contributed by atoms with Gasteiger partial charge in [-0.15, -0.1) is 5.10 Å². The molecule has 1 aromatic heterocycles. The van der Waals surface area contributed by atoms with E-state index in [-0.39, 0.29) is 17.3 Å². The van der Waals surface area contributed by atoms with Gasteiger partial charge in [0.25, 0.3) is 4.80 Å². The van der Waals surface area contributed by atoms with E-state index in [1.165, 1.54) is 0 Å². The van der Waals surface area contributed by atoms with Gasteiger partial charge in [0.15, 0.2) is 0 Å². The molecule has 1 aromatic rings. The molecule has 5 nitrogen and oxygen atoms in total. The lowest BCUT2D eigenvalue weighted by molar-refractivity contribution is 0.0500. The molecule has 0 N–H and O–H groups in total. The summed E-state index contributed by atoms with van der Waals surface area (Å²) in [5.41, 5.74) is 0. The molecular weight excluding hydrogens is 216 g/mol. The van der Waals surface area contributed by atoms with Crippen molar-refractivity contribution in [3.63, 3.8) is 0 Å². The van der Waals surface area contributed by atoms with E-state index >= 15 is 0 Å². The lowest BCUT2D eigenvalue weighted by Crippen LogP contribution is -2.04. The first-order valence-electron chi connectivity index (χ1n) is 2.60. The van der Waals surface area contributed by atoms with Crippen LogP contribution >= 0.6 is 15.9 Å². The second-order valence-electron chi connectivity index (χ2n) is 1.46. The maximum atomic E-state index is 10.7. The third-order valence-electron chi connectivity index (χ3n) is 0.789. The molecular formula is C5H3BrN2O3. The minimum absolute atomic E-state index is 0.126. The van der Waals surface area contributed by atoms with Crippen molar-refractivity contribution in [2.24, 2.45) is 0 Å². The Labute approximate surface area is 70.9 Å². The molecule has 0 saturated heterocycles. The number of carbonyl (C=O) groups excluding carboxylic acids is 1. The molecule has 0 amide bonds. The minimum atomic E-state index is -0.731. The van der Waals surface area contributed by atoms with E-state index in [0.29, 0.717) is 0 Å². The van der Waals surface area contributed by atoms with Gasteiger partial charge in [-0.2, -0.15) is 0 Å². The van der Waals surface area contributed by atoms with Crippen LogP contribution in [0.4, 0.5) is 0 Å². The number of hydrogen-bond acceptors (Lipinski definition) is 5. The Balaban J connectivity index is 2.69. The van der Waals surface area contributed by atoms with Crippen LogP contribution in [0.15, 0.2) is 9.22 Å². The number of rotatable bonds is 2. The predicted molar refractivity (Wildman–Crippen MR) is 36.6 cm³/mol. The van der Waals surface area contributed by atoms with Gasteiger partial charge in [-0.1, -0.05) is 5.10 Å². The van der Waals surface area contributed by atoms with Crippen molar-refractivity contribution in [1.29, 1.82) is 0 Å². The molecule has 58 valence electrons. The third-order valence-corrected chi connectivity index (χ3v) is 1.11. The van der Waals surface area contributed by atoms with Crippen LogP contribution < -0.4 is 0 Å². The monoisotopic (exact) mass is 218 g/mol. The number of carbonyl (C=O) groups is 1. The zero-order valence-corrected chi connectivity index (χ0v) is 6.87. The second kappa shape index (κ2) is 3.47. The highest BCUT2D eigenvalue weighted by Gasteiger charge is 2.13. The van der Waals surface area contributed by atoms with Gasteiger partial charge in [-0.3, -0.25) is 0 Å². The Morgan fingerprint density at radius 2 is 2.45 bits per heavy atom. The molecule has 0 atom stereocenters. The number of esters is 1. The van der Waals surface area contributed by atoms with Gasteiger partial charge in [-0.05, 0) is 0 Å². The first-order valence-corrected chi connectivity index (χ1v) is 3.39. The fourth-order valence-corrected chi connectivity index (χ4v) is 0.658. The highest BCUT2D eigenvalue weighted by Crippen LogP contribution is 2.07. The maximum Gasteiger partial charge on any atom is 0.396 e. The minimum Gasteiger partial charge on any atom is -0.458 e. The summed E-state index contributed by atoms with van der Waals surface area (Å²) in [6, 6.07) is 0. The van der Waals surface area contributed by atoms with Crippen molar-refractivity contribution < 1.29 is 13.9 Å². The second-order valence-corrected chi connectivity index (χ2v) is 2.14. The Bertz CT molecular complexity index is 260. The lowest BCUT2D eigenvalue weighted by atomic mass is 10.7. The van der Waals surface area contributed by atoms with E-state index < -0.39 is 5.97 Å². The van der Waals surface area contributed by atoms with Crippen molar-refractivity contribution >= 4 is 21.9 Å². The lowest BCUT2D eigenvalue weighted by Gasteiger charge is -1.92. The average Bonchev–Trinajstić information content (AvgIpc) is 2.36. The van der Waals surface area contributed by atoms with Crippen LogP contribution in [0.2, 0.25) is 0 Å². The van der Waals surface area contributed by atoms with Crippen LogP contribution in [0.25, 0.3) is 0 Å². The molecule has 0 unspecified atom stereocenters. The smallest absolute Gasteiger partial charge is 0.396 e. The number of halogens is 1. The summed E-state index contributed by atoms with van der Waals surface area (Å²) in [6.07, 6.45) is 0. The summed E-state index contributed by atoms with van der Waals surface area (Å²) in [7, 11) is 0. The van der Waals surface area contributed by atoms with E-state index in [9.17, 15) is 4.79 Å². The Morgan fingerprint density at radius 3 is 2.91 bits per heavy atom. The Morgan fingerprint density at radius 1 is 1.73 bits per heavy atom. The van der Waals surface area contributed by atoms with Crippen LogP contribution in [-0.4, -0.2) is 22.8 Å². The number of nitrogens with zero attached hydrogens (tertiary/aromatic N) is 2. The molecule has 0 aromatic carbocycles. The van der Waals surface area contributed by atoms with E-state index in [1.807, 2.05) is 0 Å². The Hall–Kier alpha value is -0.910. The van der Waals surface area contributed by atoms with Gasteiger partial charge in [-0.25, -0.2) is 4.79 Å². The van der Waals surface area contributed by atoms with Crippen molar-refractivity contribution in [3.8, 4) is 0 Å². The molecule has 0 aliphatic carbocycles. The highest BCUT2D eigenvalue weighted by atomic mass is 79.9. The third kappa shape index (κ3) is 2.01. The first-order chi connectivity index (χ1) is 5.24. The van der Waals surface area contributed by atoms with Crippen LogP contribution in [0, 0.1) is 6.92 Å². The van der Waals surface area contributed by atoms with E-state index in [1.54, 1.807) is 0 Å². The number of aromatic nitrogens is 2. The van der Waals surface area contributed by atoms with E-state index in [2.05, 4.69) is 35.3 Å². The molecule has 1 heterocycles. The molecule has 0 aliphatic rings. The maximum absolute atomic E-state index is 10.7. The van der Waals surface area contributed by atoms with Crippen molar-refractivity contribution in [2.45, 2.75) is 0 Å². The number of ether oxygens (including phenoxy) is 1. The predicted octanol–water partition coefficient (Wildman–Crippen LogP) is 0.700. The molecule has 0 aliphatic heterocycles. The van der Waals surface area contributed by atoms with E-state index in [0.717, 1.165) is 0 Å². The fourth-order valence-electron chi connectivity index (χ4n) is 0.425. The molecule has 0 spiro atoms. The molecule has 0 saturated carbocycles. The highest BCUT2D eigenvalue weighted by molar-refractivity contribution is 9.10.